The van der Waals surface area contributed by atoms with Gasteiger partial charge in [0.25, 0.3) is 0 Å². The van der Waals surface area contributed by atoms with E-state index in [1.54, 1.807) is 0 Å². The van der Waals surface area contributed by atoms with Crippen LogP contribution in [0.1, 0.15) is 58.8 Å². The smallest absolute Gasteiger partial charge is 0.171 e. The highest BCUT2D eigenvalue weighted by molar-refractivity contribution is 6.07. The van der Waals surface area contributed by atoms with Gasteiger partial charge in [0.15, 0.2) is 5.78 Å². The fourth-order valence-corrected chi connectivity index (χ4v) is 6.73. The minimum absolute atomic E-state index is 0.0322. The van der Waals surface area contributed by atoms with Crippen LogP contribution in [0.5, 0.6) is 0 Å². The maximum absolute atomic E-state index is 13.0. The molecule has 0 saturated heterocycles. The van der Waals surface area contributed by atoms with Gasteiger partial charge in [-0.05, 0) is 55.3 Å². The SMILES string of the molecule is C=C1C(=O)[C@@]23CC[C@@H]4[C@](C)(CO)CCC[C@@]4(C)C2=CC[C@]1(O)C3. The average Bonchev–Trinajstić information content (AvgIpc) is 2.65. The summed E-state index contributed by atoms with van der Waals surface area (Å²) in [4.78, 5) is 13.0. The van der Waals surface area contributed by atoms with Crippen molar-refractivity contribution < 1.29 is 15.0 Å². The standard InChI is InChI=1S/C20H28O3/c1-13-16(22)19-9-5-14-17(2,12-21)7-4-8-18(14,3)15(19)6-10-20(13,23)11-19/h6,14,21,23H,1,4-5,7-12H2,2-3H3/t14-,17+,18-,19-,20+/m1/s1. The van der Waals surface area contributed by atoms with Gasteiger partial charge in [-0.25, -0.2) is 0 Å². The second kappa shape index (κ2) is 4.37. The van der Waals surface area contributed by atoms with Crippen LogP contribution in [0.15, 0.2) is 23.8 Å². The highest BCUT2D eigenvalue weighted by Gasteiger charge is 2.67. The molecular formula is C20H28O3. The van der Waals surface area contributed by atoms with Crippen LogP contribution in [-0.4, -0.2) is 28.2 Å². The normalized spacial score (nSPS) is 52.0. The van der Waals surface area contributed by atoms with Crippen molar-refractivity contribution in [1.82, 2.24) is 0 Å². The first-order chi connectivity index (χ1) is 10.7. The van der Waals surface area contributed by atoms with Gasteiger partial charge in [0, 0.05) is 12.2 Å². The van der Waals surface area contributed by atoms with E-state index in [0.717, 1.165) is 32.1 Å². The fourth-order valence-electron chi connectivity index (χ4n) is 6.73. The molecular weight excluding hydrogens is 288 g/mol. The number of aliphatic hydroxyl groups excluding tert-OH is 1. The fraction of sp³-hybridized carbons (Fsp3) is 0.750. The number of aliphatic hydroxyl groups is 2. The molecule has 0 aromatic rings. The van der Waals surface area contributed by atoms with Gasteiger partial charge in [-0.1, -0.05) is 38.5 Å². The van der Waals surface area contributed by atoms with Crippen LogP contribution in [-0.2, 0) is 4.79 Å². The zero-order chi connectivity index (χ0) is 16.7. The summed E-state index contributed by atoms with van der Waals surface area (Å²) < 4.78 is 0. The Morgan fingerprint density at radius 3 is 2.74 bits per heavy atom. The van der Waals surface area contributed by atoms with Crippen molar-refractivity contribution in [3.63, 3.8) is 0 Å². The van der Waals surface area contributed by atoms with Crippen LogP contribution in [0.25, 0.3) is 0 Å². The maximum Gasteiger partial charge on any atom is 0.171 e. The van der Waals surface area contributed by atoms with E-state index in [2.05, 4.69) is 26.5 Å². The Bertz CT molecular complexity index is 635. The van der Waals surface area contributed by atoms with Crippen LogP contribution in [0.3, 0.4) is 0 Å². The molecule has 2 bridgehead atoms. The number of carbonyl (C=O) groups excluding carboxylic acids is 1. The zero-order valence-electron chi connectivity index (χ0n) is 14.3. The zero-order valence-corrected chi connectivity index (χ0v) is 14.3. The van der Waals surface area contributed by atoms with Crippen molar-refractivity contribution in [3.8, 4) is 0 Å². The number of hydrogen-bond acceptors (Lipinski definition) is 3. The van der Waals surface area contributed by atoms with E-state index in [4.69, 9.17) is 0 Å². The Labute approximate surface area is 138 Å². The third-order valence-electron chi connectivity index (χ3n) is 7.91. The van der Waals surface area contributed by atoms with Gasteiger partial charge >= 0.3 is 0 Å². The summed E-state index contributed by atoms with van der Waals surface area (Å²) in [5.41, 5.74) is 0.0691. The van der Waals surface area contributed by atoms with Crippen molar-refractivity contribution in [2.45, 2.75) is 64.4 Å². The number of fused-ring (bicyclic) bond motifs is 3. The van der Waals surface area contributed by atoms with Gasteiger partial charge in [0.05, 0.1) is 11.0 Å². The van der Waals surface area contributed by atoms with Crippen molar-refractivity contribution >= 4 is 5.78 Å². The lowest BCUT2D eigenvalue weighted by Crippen LogP contribution is -2.54. The third kappa shape index (κ3) is 1.65. The number of hydrogen-bond donors (Lipinski definition) is 2. The van der Waals surface area contributed by atoms with Crippen LogP contribution >= 0.6 is 0 Å². The lowest BCUT2D eigenvalue weighted by Gasteiger charge is -2.60. The summed E-state index contributed by atoms with van der Waals surface area (Å²) >= 11 is 0. The van der Waals surface area contributed by atoms with Crippen molar-refractivity contribution in [1.29, 1.82) is 0 Å². The lowest BCUT2D eigenvalue weighted by atomic mass is 9.44. The van der Waals surface area contributed by atoms with Gasteiger partial charge in [0.2, 0.25) is 0 Å². The Morgan fingerprint density at radius 2 is 2.04 bits per heavy atom. The molecule has 0 aromatic carbocycles. The molecule has 4 aliphatic carbocycles. The second-order valence-electron chi connectivity index (χ2n) is 9.09. The molecule has 3 nitrogen and oxygen atoms in total. The second-order valence-corrected chi connectivity index (χ2v) is 9.09. The first-order valence-electron chi connectivity index (χ1n) is 9.00. The molecule has 0 amide bonds. The molecule has 1 spiro atoms. The van der Waals surface area contributed by atoms with Crippen molar-refractivity contribution in [3.05, 3.63) is 23.8 Å². The van der Waals surface area contributed by atoms with Crippen molar-refractivity contribution in [2.75, 3.05) is 6.61 Å². The molecule has 0 heterocycles. The van der Waals surface area contributed by atoms with E-state index in [-0.39, 0.29) is 23.2 Å². The molecule has 4 aliphatic rings. The molecule has 23 heavy (non-hydrogen) atoms. The molecule has 3 saturated carbocycles. The lowest BCUT2D eigenvalue weighted by molar-refractivity contribution is -0.128. The van der Waals surface area contributed by atoms with Crippen LogP contribution < -0.4 is 0 Å². The Balaban J connectivity index is 1.85. The third-order valence-corrected chi connectivity index (χ3v) is 7.91. The van der Waals surface area contributed by atoms with E-state index < -0.39 is 11.0 Å². The molecule has 0 radical (unpaired) electrons. The molecule has 4 rings (SSSR count). The van der Waals surface area contributed by atoms with Gasteiger partial charge in [-0.3, -0.25) is 4.79 Å². The largest absolute Gasteiger partial charge is 0.396 e. The average molecular weight is 316 g/mol. The van der Waals surface area contributed by atoms with E-state index in [0.29, 0.717) is 24.3 Å². The first-order valence-corrected chi connectivity index (χ1v) is 9.00. The summed E-state index contributed by atoms with van der Waals surface area (Å²) in [6, 6.07) is 0. The topological polar surface area (TPSA) is 57.5 Å². The minimum Gasteiger partial charge on any atom is -0.396 e. The van der Waals surface area contributed by atoms with E-state index >= 15 is 0 Å². The summed E-state index contributed by atoms with van der Waals surface area (Å²) in [6.45, 7) is 8.67. The molecule has 0 aliphatic heterocycles. The number of carbonyl (C=O) groups is 1. The van der Waals surface area contributed by atoms with Gasteiger partial charge in [-0.2, -0.15) is 0 Å². The molecule has 3 heteroatoms. The number of Topliss-reactive ketones (excluding diaryl/α,β-unsaturated/α-hetero) is 1. The minimum atomic E-state index is -1.02. The maximum atomic E-state index is 13.0. The number of allylic oxidation sites excluding steroid dienone is 1. The summed E-state index contributed by atoms with van der Waals surface area (Å²) in [6.07, 6.45) is 8.21. The Hall–Kier alpha value is -0.930. The molecule has 3 fully saturated rings. The van der Waals surface area contributed by atoms with Gasteiger partial charge in [0.1, 0.15) is 0 Å². The first kappa shape index (κ1) is 15.6. The van der Waals surface area contributed by atoms with Crippen LogP contribution in [0, 0.1) is 22.2 Å². The Kier molecular flexibility index (Phi) is 2.96. The predicted molar refractivity (Wildman–Crippen MR) is 88.7 cm³/mol. The molecule has 126 valence electrons. The summed E-state index contributed by atoms with van der Waals surface area (Å²) in [5.74, 6) is 0.498. The highest BCUT2D eigenvalue weighted by atomic mass is 16.3. The van der Waals surface area contributed by atoms with Crippen molar-refractivity contribution in [2.24, 2.45) is 22.2 Å². The molecule has 2 N–H and O–H groups in total. The van der Waals surface area contributed by atoms with Gasteiger partial charge in [-0.15, -0.1) is 0 Å². The summed E-state index contributed by atoms with van der Waals surface area (Å²) in [5, 5.41) is 20.8. The Morgan fingerprint density at radius 1 is 1.30 bits per heavy atom. The quantitative estimate of drug-likeness (QED) is 0.577. The highest BCUT2D eigenvalue weighted by Crippen LogP contribution is 2.69. The van der Waals surface area contributed by atoms with E-state index in [9.17, 15) is 15.0 Å². The van der Waals surface area contributed by atoms with E-state index in [1.807, 2.05) is 0 Å². The predicted octanol–water partition coefficient (Wildman–Crippen LogP) is 3.16. The molecule has 0 unspecified atom stereocenters. The monoisotopic (exact) mass is 316 g/mol. The molecule has 5 atom stereocenters. The summed E-state index contributed by atoms with van der Waals surface area (Å²) in [7, 11) is 0. The molecule has 0 aromatic heterocycles. The van der Waals surface area contributed by atoms with Gasteiger partial charge < -0.3 is 10.2 Å². The van der Waals surface area contributed by atoms with Crippen LogP contribution in [0.4, 0.5) is 0 Å². The van der Waals surface area contributed by atoms with Crippen LogP contribution in [0.2, 0.25) is 0 Å². The number of rotatable bonds is 1. The van der Waals surface area contributed by atoms with E-state index in [1.165, 1.54) is 5.57 Å². The number of ketones is 1.